The Kier molecular flexibility index (Phi) is 5.51. The molecule has 2 aliphatic heterocycles. The van der Waals surface area contributed by atoms with Crippen LogP contribution in [0.1, 0.15) is 57.1 Å². The number of hydrogen-bond acceptors (Lipinski definition) is 3. The SMILES string of the molecule is CC1CCCN(C(N)=NCCCc2nnc3n2CCCCC3)C1. The number of aryl methyl sites for hydroxylation is 2. The van der Waals surface area contributed by atoms with Crippen molar-refractivity contribution in [1.82, 2.24) is 19.7 Å². The van der Waals surface area contributed by atoms with Gasteiger partial charge in [-0.25, -0.2) is 0 Å². The van der Waals surface area contributed by atoms with Crippen molar-refractivity contribution in [2.75, 3.05) is 19.6 Å². The van der Waals surface area contributed by atoms with Gasteiger partial charge in [0.2, 0.25) is 0 Å². The van der Waals surface area contributed by atoms with Gasteiger partial charge < -0.3 is 15.2 Å². The first-order valence-electron chi connectivity index (χ1n) is 9.20. The minimum absolute atomic E-state index is 0.719. The molecule has 0 bridgehead atoms. The molecule has 0 saturated carbocycles. The van der Waals surface area contributed by atoms with E-state index in [-0.39, 0.29) is 0 Å². The van der Waals surface area contributed by atoms with Crippen LogP contribution in [0.25, 0.3) is 0 Å². The Morgan fingerprint density at radius 2 is 2.13 bits per heavy atom. The maximum Gasteiger partial charge on any atom is 0.191 e. The van der Waals surface area contributed by atoms with Crippen molar-refractivity contribution in [2.24, 2.45) is 16.6 Å². The van der Waals surface area contributed by atoms with Crippen LogP contribution >= 0.6 is 0 Å². The number of aromatic nitrogens is 3. The highest BCUT2D eigenvalue weighted by Crippen LogP contribution is 2.16. The summed E-state index contributed by atoms with van der Waals surface area (Å²) in [5.41, 5.74) is 6.14. The number of guanidine groups is 1. The molecule has 1 aromatic rings. The third-order valence-electron chi connectivity index (χ3n) is 5.00. The Morgan fingerprint density at radius 3 is 3.00 bits per heavy atom. The second kappa shape index (κ2) is 7.79. The highest BCUT2D eigenvalue weighted by atomic mass is 15.3. The largest absolute Gasteiger partial charge is 0.370 e. The van der Waals surface area contributed by atoms with E-state index in [1.165, 1.54) is 37.9 Å². The third-order valence-corrected chi connectivity index (χ3v) is 5.00. The summed E-state index contributed by atoms with van der Waals surface area (Å²) in [7, 11) is 0. The lowest BCUT2D eigenvalue weighted by molar-refractivity contribution is 0.270. The number of nitrogens with zero attached hydrogens (tertiary/aromatic N) is 5. The highest BCUT2D eigenvalue weighted by molar-refractivity contribution is 5.78. The summed E-state index contributed by atoms with van der Waals surface area (Å²) in [5, 5.41) is 8.74. The van der Waals surface area contributed by atoms with Crippen LogP contribution in [0.3, 0.4) is 0 Å². The average molecular weight is 318 g/mol. The molecule has 1 aromatic heterocycles. The van der Waals surface area contributed by atoms with Gasteiger partial charge in [0.25, 0.3) is 0 Å². The lowest BCUT2D eigenvalue weighted by Crippen LogP contribution is -2.43. The molecule has 23 heavy (non-hydrogen) atoms. The van der Waals surface area contributed by atoms with Crippen molar-refractivity contribution < 1.29 is 0 Å². The van der Waals surface area contributed by atoms with Gasteiger partial charge in [0.05, 0.1) is 0 Å². The van der Waals surface area contributed by atoms with Crippen molar-refractivity contribution in [3.8, 4) is 0 Å². The van der Waals surface area contributed by atoms with E-state index in [1.807, 2.05) is 0 Å². The minimum Gasteiger partial charge on any atom is -0.370 e. The van der Waals surface area contributed by atoms with Gasteiger partial charge in [-0.3, -0.25) is 4.99 Å². The molecule has 2 N–H and O–H groups in total. The summed E-state index contributed by atoms with van der Waals surface area (Å²) in [4.78, 5) is 6.81. The molecule has 128 valence electrons. The first-order valence-corrected chi connectivity index (χ1v) is 9.20. The van der Waals surface area contributed by atoms with Crippen LogP contribution in [-0.2, 0) is 19.4 Å². The maximum atomic E-state index is 6.14. The molecule has 3 rings (SSSR count). The minimum atomic E-state index is 0.719. The van der Waals surface area contributed by atoms with Gasteiger partial charge in [0, 0.05) is 39.0 Å². The van der Waals surface area contributed by atoms with E-state index in [2.05, 4.69) is 31.6 Å². The average Bonchev–Trinajstić information content (AvgIpc) is 2.78. The van der Waals surface area contributed by atoms with E-state index < -0.39 is 0 Å². The Bertz CT molecular complexity index is 535. The number of aliphatic imine (C=N–C) groups is 1. The molecule has 6 heteroatoms. The highest BCUT2D eigenvalue weighted by Gasteiger charge is 2.17. The van der Waals surface area contributed by atoms with Crippen molar-refractivity contribution in [3.63, 3.8) is 0 Å². The van der Waals surface area contributed by atoms with Crippen molar-refractivity contribution in [1.29, 1.82) is 0 Å². The fourth-order valence-corrected chi connectivity index (χ4v) is 3.66. The zero-order chi connectivity index (χ0) is 16.1. The van der Waals surface area contributed by atoms with Gasteiger partial charge in [0.15, 0.2) is 5.96 Å². The Morgan fingerprint density at radius 1 is 1.22 bits per heavy atom. The van der Waals surface area contributed by atoms with E-state index in [9.17, 15) is 0 Å². The topological polar surface area (TPSA) is 72.3 Å². The number of rotatable bonds is 4. The molecule has 0 radical (unpaired) electrons. The summed E-state index contributed by atoms with van der Waals surface area (Å²) >= 11 is 0. The molecule has 0 aliphatic carbocycles. The molecule has 0 spiro atoms. The lowest BCUT2D eigenvalue weighted by atomic mass is 10.0. The van der Waals surface area contributed by atoms with Crippen LogP contribution in [0.5, 0.6) is 0 Å². The fourth-order valence-electron chi connectivity index (χ4n) is 3.66. The van der Waals surface area contributed by atoms with Crippen molar-refractivity contribution in [3.05, 3.63) is 11.6 Å². The molecule has 2 aliphatic rings. The molecular formula is C17H30N6. The molecule has 1 saturated heterocycles. The van der Waals surface area contributed by atoms with Gasteiger partial charge >= 0.3 is 0 Å². The summed E-state index contributed by atoms with van der Waals surface area (Å²) < 4.78 is 2.33. The molecule has 1 unspecified atom stereocenters. The second-order valence-electron chi connectivity index (χ2n) is 7.03. The Balaban J connectivity index is 1.48. The summed E-state index contributed by atoms with van der Waals surface area (Å²) in [6, 6.07) is 0. The van der Waals surface area contributed by atoms with Crippen LogP contribution in [-0.4, -0.2) is 45.3 Å². The predicted octanol–water partition coefficient (Wildman–Crippen LogP) is 1.98. The van der Waals surface area contributed by atoms with Gasteiger partial charge in [0.1, 0.15) is 11.6 Å². The molecule has 0 amide bonds. The van der Waals surface area contributed by atoms with Crippen LogP contribution in [0.4, 0.5) is 0 Å². The normalized spacial score (nSPS) is 22.7. The second-order valence-corrected chi connectivity index (χ2v) is 7.03. The molecule has 6 nitrogen and oxygen atoms in total. The van der Waals surface area contributed by atoms with Crippen LogP contribution in [0.15, 0.2) is 4.99 Å². The van der Waals surface area contributed by atoms with Crippen molar-refractivity contribution >= 4 is 5.96 Å². The quantitative estimate of drug-likeness (QED) is 0.523. The number of fused-ring (bicyclic) bond motifs is 1. The van der Waals surface area contributed by atoms with E-state index in [4.69, 9.17) is 5.73 Å². The number of nitrogens with two attached hydrogens (primary N) is 1. The Labute approximate surface area is 139 Å². The van der Waals surface area contributed by atoms with E-state index >= 15 is 0 Å². The first kappa shape index (κ1) is 16.3. The number of piperidine rings is 1. The van der Waals surface area contributed by atoms with Gasteiger partial charge in [-0.1, -0.05) is 13.3 Å². The zero-order valence-electron chi connectivity index (χ0n) is 14.4. The fraction of sp³-hybridized carbons (Fsp3) is 0.824. The standard InChI is InChI=1S/C17H30N6/c1-14-7-6-11-22(13-14)17(18)19-10-5-9-16-21-20-15-8-3-2-4-12-23(15)16/h14H,2-13H2,1H3,(H2,18,19). The van der Waals surface area contributed by atoms with Crippen LogP contribution < -0.4 is 5.73 Å². The molecule has 1 fully saturated rings. The number of likely N-dealkylation sites (tertiary alicyclic amines) is 1. The van der Waals surface area contributed by atoms with Gasteiger partial charge in [-0.2, -0.15) is 0 Å². The smallest absolute Gasteiger partial charge is 0.191 e. The molecule has 3 heterocycles. The maximum absolute atomic E-state index is 6.14. The predicted molar refractivity (Wildman–Crippen MR) is 92.4 cm³/mol. The van der Waals surface area contributed by atoms with Crippen LogP contribution in [0.2, 0.25) is 0 Å². The van der Waals surface area contributed by atoms with Crippen molar-refractivity contribution in [2.45, 2.75) is 64.8 Å². The van der Waals surface area contributed by atoms with E-state index in [0.29, 0.717) is 0 Å². The van der Waals surface area contributed by atoms with E-state index in [0.717, 1.165) is 63.1 Å². The molecule has 0 aromatic carbocycles. The summed E-state index contributed by atoms with van der Waals surface area (Å²) in [5.74, 6) is 3.74. The third kappa shape index (κ3) is 4.24. The molecular weight excluding hydrogens is 288 g/mol. The monoisotopic (exact) mass is 318 g/mol. The summed E-state index contributed by atoms with van der Waals surface area (Å²) in [6.45, 7) is 6.24. The first-order chi connectivity index (χ1) is 11.2. The van der Waals surface area contributed by atoms with Gasteiger partial charge in [-0.15, -0.1) is 10.2 Å². The summed E-state index contributed by atoms with van der Waals surface area (Å²) in [6.07, 6.45) is 9.33. The Hall–Kier alpha value is -1.59. The number of hydrogen-bond donors (Lipinski definition) is 1. The van der Waals surface area contributed by atoms with E-state index in [1.54, 1.807) is 0 Å². The zero-order valence-corrected chi connectivity index (χ0v) is 14.4. The molecule has 1 atom stereocenters. The van der Waals surface area contributed by atoms with Crippen LogP contribution in [0, 0.1) is 5.92 Å². The lowest BCUT2D eigenvalue weighted by Gasteiger charge is -2.31. The van der Waals surface area contributed by atoms with Gasteiger partial charge in [-0.05, 0) is 38.0 Å².